The maximum Gasteiger partial charge on any atom is 0.510 e. The summed E-state index contributed by atoms with van der Waals surface area (Å²) in [5.74, 6) is -0.452. The van der Waals surface area contributed by atoms with E-state index in [-0.39, 0.29) is 18.8 Å². The van der Waals surface area contributed by atoms with E-state index < -0.39 is 17.4 Å². The molecule has 7 heteroatoms. The normalized spacial score (nSPS) is 11.1. The highest BCUT2D eigenvalue weighted by atomic mass is 16.5. The van der Waals surface area contributed by atoms with Crippen molar-refractivity contribution in [3.05, 3.63) is 70.3 Å². The smallest absolute Gasteiger partial charge is 0.501 e. The maximum atomic E-state index is 11.8. The molecule has 0 amide bonds. The summed E-state index contributed by atoms with van der Waals surface area (Å²) in [5, 5.41) is 19.4. The molecule has 0 unspecified atom stereocenters. The van der Waals surface area contributed by atoms with Crippen molar-refractivity contribution in [2.45, 2.75) is 13.5 Å². The first-order chi connectivity index (χ1) is 12.6. The molecule has 0 saturated heterocycles. The summed E-state index contributed by atoms with van der Waals surface area (Å²) in [5.41, 5.74) is 0.473. The Balaban J connectivity index is 2.29. The largest absolute Gasteiger partial charge is 0.510 e. The second kappa shape index (κ2) is 9.08. The average molecular weight is 355 g/mol. The third-order valence-electron chi connectivity index (χ3n) is 3.46. The summed E-state index contributed by atoms with van der Waals surface area (Å²) in [6, 6.07) is 13.9. The van der Waals surface area contributed by atoms with Gasteiger partial charge in [0.15, 0.2) is 4.98 Å². The number of hydrogen-bond donors (Lipinski definition) is 1. The summed E-state index contributed by atoms with van der Waals surface area (Å²) in [7, 11) is 1.58. The number of para-hydroxylation sites is 1. The van der Waals surface area contributed by atoms with Crippen molar-refractivity contribution in [3.8, 4) is 11.5 Å². The number of esters is 1. The highest BCUT2D eigenvalue weighted by Crippen LogP contribution is 2.28. The molecular formula is C19H19N2O5+. The summed E-state index contributed by atoms with van der Waals surface area (Å²) in [6.07, 6.45) is 0. The van der Waals surface area contributed by atoms with E-state index in [4.69, 9.17) is 19.6 Å². The summed E-state index contributed by atoms with van der Waals surface area (Å²) in [4.78, 5) is 14.6. The Labute approximate surface area is 151 Å². The van der Waals surface area contributed by atoms with E-state index in [1.165, 1.54) is 0 Å². The second-order valence-electron chi connectivity index (χ2n) is 5.15. The Morgan fingerprint density at radius 2 is 1.96 bits per heavy atom. The Hall–Kier alpha value is -3.53. The van der Waals surface area contributed by atoms with Gasteiger partial charge in [0.05, 0.1) is 19.3 Å². The van der Waals surface area contributed by atoms with E-state index in [0.29, 0.717) is 11.5 Å². The predicted octanol–water partition coefficient (Wildman–Crippen LogP) is 3.92. The standard InChI is InChI=1S/C19H18N2O5/c1-3-25-19(23)17(21-20)18(22)15-9-4-5-10-16(15)26-12-13-7-6-8-14(11-13)24-2/h4-11H,3,12H2,1-2H3/p+1. The number of diazo groups is 1. The molecule has 2 aromatic rings. The second-order valence-corrected chi connectivity index (χ2v) is 5.15. The van der Waals surface area contributed by atoms with Crippen LogP contribution < -0.4 is 9.47 Å². The van der Waals surface area contributed by atoms with Gasteiger partial charge in [-0.15, -0.1) is 0 Å². The van der Waals surface area contributed by atoms with Crippen LogP contribution in [0.25, 0.3) is 10.7 Å². The van der Waals surface area contributed by atoms with Crippen LogP contribution in [0, 0.1) is 5.39 Å². The predicted molar refractivity (Wildman–Crippen MR) is 95.0 cm³/mol. The molecule has 2 rings (SSSR count). The molecular weight excluding hydrogens is 336 g/mol. The van der Waals surface area contributed by atoms with Gasteiger partial charge in [-0.2, -0.15) is 0 Å². The number of methoxy groups -OCH3 is 1. The first kappa shape index (κ1) is 18.8. The molecule has 1 N–H and O–H groups in total. The van der Waals surface area contributed by atoms with Crippen molar-refractivity contribution in [1.29, 1.82) is 5.39 Å². The SMILES string of the molecule is CCOC(=O)/C([N+]#N)=C(\O)c1ccccc1OCc1cccc(OC)c1. The zero-order valence-corrected chi connectivity index (χ0v) is 14.5. The first-order valence-corrected chi connectivity index (χ1v) is 7.91. The molecule has 0 atom stereocenters. The fraction of sp³-hybridized carbons (Fsp3) is 0.211. The van der Waals surface area contributed by atoms with Crippen LogP contribution in [0.4, 0.5) is 0 Å². The van der Waals surface area contributed by atoms with Crippen LogP contribution in [-0.2, 0) is 16.1 Å². The van der Waals surface area contributed by atoms with Crippen LogP contribution in [-0.4, -0.2) is 24.8 Å². The number of benzene rings is 2. The Kier molecular flexibility index (Phi) is 6.57. The van der Waals surface area contributed by atoms with Crippen LogP contribution >= 0.6 is 0 Å². The van der Waals surface area contributed by atoms with Gasteiger partial charge in [0, 0.05) is 0 Å². The van der Waals surface area contributed by atoms with E-state index in [9.17, 15) is 9.90 Å². The first-order valence-electron chi connectivity index (χ1n) is 7.91. The zero-order valence-electron chi connectivity index (χ0n) is 14.5. The molecule has 134 valence electrons. The van der Waals surface area contributed by atoms with E-state index in [1.54, 1.807) is 38.3 Å². The van der Waals surface area contributed by atoms with Crippen LogP contribution in [0.2, 0.25) is 0 Å². The number of carbonyl (C=O) groups excluding carboxylic acids is 1. The van der Waals surface area contributed by atoms with Gasteiger partial charge < -0.3 is 19.3 Å². The van der Waals surface area contributed by atoms with Gasteiger partial charge in [-0.3, -0.25) is 0 Å². The Bertz CT molecular complexity index is 855. The van der Waals surface area contributed by atoms with Crippen LogP contribution in [0.5, 0.6) is 11.5 Å². The van der Waals surface area contributed by atoms with Crippen molar-refractivity contribution in [2.75, 3.05) is 13.7 Å². The van der Waals surface area contributed by atoms with E-state index >= 15 is 0 Å². The molecule has 0 heterocycles. The monoisotopic (exact) mass is 355 g/mol. The maximum absolute atomic E-state index is 11.8. The fourth-order valence-corrected chi connectivity index (χ4v) is 2.22. The minimum atomic E-state index is -0.935. The van der Waals surface area contributed by atoms with Crippen molar-refractivity contribution in [1.82, 2.24) is 0 Å². The van der Waals surface area contributed by atoms with Gasteiger partial charge in [0.2, 0.25) is 11.2 Å². The Morgan fingerprint density at radius 3 is 2.65 bits per heavy atom. The topological polar surface area (TPSA) is 93.1 Å². The average Bonchev–Trinajstić information content (AvgIpc) is 2.67. The minimum Gasteiger partial charge on any atom is -0.501 e. The molecule has 0 spiro atoms. The molecule has 0 fully saturated rings. The molecule has 0 aliphatic heterocycles. The molecule has 26 heavy (non-hydrogen) atoms. The number of aliphatic hydroxyl groups is 1. The van der Waals surface area contributed by atoms with Gasteiger partial charge in [-0.05, 0) is 36.8 Å². The molecule has 7 nitrogen and oxygen atoms in total. The van der Waals surface area contributed by atoms with Gasteiger partial charge in [-0.25, -0.2) is 4.79 Å². The van der Waals surface area contributed by atoms with Crippen molar-refractivity contribution < 1.29 is 24.1 Å². The van der Waals surface area contributed by atoms with E-state index in [2.05, 4.69) is 4.98 Å². The van der Waals surface area contributed by atoms with Crippen LogP contribution in [0.1, 0.15) is 18.1 Å². The number of rotatable bonds is 7. The van der Waals surface area contributed by atoms with Crippen LogP contribution in [0.3, 0.4) is 0 Å². The van der Waals surface area contributed by atoms with Gasteiger partial charge in [0.1, 0.15) is 18.1 Å². The van der Waals surface area contributed by atoms with E-state index in [0.717, 1.165) is 5.56 Å². The lowest BCUT2D eigenvalue weighted by Crippen LogP contribution is -2.08. The number of nitrogens with zero attached hydrogens (tertiary/aromatic N) is 2. The fourth-order valence-electron chi connectivity index (χ4n) is 2.22. The lowest BCUT2D eigenvalue weighted by molar-refractivity contribution is -0.138. The molecule has 0 aromatic heterocycles. The van der Waals surface area contributed by atoms with Gasteiger partial charge in [0.25, 0.3) is 0 Å². The minimum absolute atomic E-state index is 0.0825. The number of carbonyl (C=O) groups is 1. The molecule has 0 bridgehead atoms. The van der Waals surface area contributed by atoms with Crippen molar-refractivity contribution in [3.63, 3.8) is 0 Å². The lowest BCUT2D eigenvalue weighted by atomic mass is 10.1. The number of aliphatic hydroxyl groups excluding tert-OH is 1. The van der Waals surface area contributed by atoms with Gasteiger partial charge >= 0.3 is 11.7 Å². The molecule has 0 saturated carbocycles. The lowest BCUT2D eigenvalue weighted by Gasteiger charge is -2.11. The quantitative estimate of drug-likeness (QED) is 0.350. The van der Waals surface area contributed by atoms with Gasteiger partial charge in [-0.1, -0.05) is 24.3 Å². The number of ether oxygens (including phenoxy) is 3. The highest BCUT2D eigenvalue weighted by Gasteiger charge is 2.32. The van der Waals surface area contributed by atoms with E-state index in [1.807, 2.05) is 24.3 Å². The van der Waals surface area contributed by atoms with Crippen LogP contribution in [0.15, 0.2) is 54.2 Å². The molecule has 0 radical (unpaired) electrons. The molecule has 0 aliphatic carbocycles. The molecule has 0 aliphatic rings. The summed E-state index contributed by atoms with van der Waals surface area (Å²) >= 11 is 0. The summed E-state index contributed by atoms with van der Waals surface area (Å²) in [6.45, 7) is 1.90. The van der Waals surface area contributed by atoms with Crippen molar-refractivity contribution >= 4 is 11.7 Å². The zero-order chi connectivity index (χ0) is 18.9. The third kappa shape index (κ3) is 4.51. The Morgan fingerprint density at radius 1 is 1.19 bits per heavy atom. The summed E-state index contributed by atoms with van der Waals surface area (Å²) < 4.78 is 15.7. The van der Waals surface area contributed by atoms with Crippen molar-refractivity contribution in [2.24, 2.45) is 0 Å². The number of hydrogen-bond acceptors (Lipinski definition) is 6. The third-order valence-corrected chi connectivity index (χ3v) is 3.46. The molecule has 2 aromatic carbocycles. The highest BCUT2D eigenvalue weighted by molar-refractivity contribution is 5.98.